The maximum Gasteiger partial charge on any atom is 0.272 e. The predicted octanol–water partition coefficient (Wildman–Crippen LogP) is 8.91. The van der Waals surface area contributed by atoms with Crippen LogP contribution in [0.4, 0.5) is 5.82 Å². The van der Waals surface area contributed by atoms with E-state index in [1.807, 2.05) is 28.9 Å². The predicted molar refractivity (Wildman–Crippen MR) is 294 cm³/mol. The maximum absolute atomic E-state index is 13.6. The van der Waals surface area contributed by atoms with Crippen molar-refractivity contribution >= 4 is 24.0 Å². The van der Waals surface area contributed by atoms with Gasteiger partial charge in [0.15, 0.2) is 17.3 Å². The van der Waals surface area contributed by atoms with Crippen LogP contribution in [0.15, 0.2) is 54.6 Å². The van der Waals surface area contributed by atoms with Crippen molar-refractivity contribution in [2.24, 2.45) is 0 Å². The summed E-state index contributed by atoms with van der Waals surface area (Å²) in [5, 5.41) is 30.8. The molecule has 2 atom stereocenters. The molecular weight excluding hydrogens is 959 g/mol. The third kappa shape index (κ3) is 13.9. The molecule has 5 aromatic rings. The number of rotatable bonds is 23. The standard InChI is InChI=1S/C31H45N5O2.C27H38N8O3/c1-2-24-11-4-7-16-28(24)29-22-30(33-36(29)26-14-5-6-15-26)35(23-37)27(17-20-34-18-8-3-9-19-34)21-31(38)32-25-12-10-13-25;1-37-23-11-8-12-24(38-2)26(23)22-18-21(31-35(22)20-9-4-5-10-20)27(36)28-19(17-25-29-32-33-30-25)13-16-34-14-6-3-7-15-34/h4,7,11,16,22-23,25-27H,2-3,5-6,8-10,12-15,17-21H2,1H3,(H,32,38);8,11-12,18-20H,3-7,9-10,13-17H2,1-2H3,(H,28,36)(H,29,30,32,33)/t27-;19-/m00/s1. The van der Waals surface area contributed by atoms with Gasteiger partial charge in [0.1, 0.15) is 11.5 Å². The number of benzene rings is 2. The second kappa shape index (κ2) is 27.3. The maximum atomic E-state index is 13.6. The second-order valence-electron chi connectivity index (χ2n) is 21.8. The minimum atomic E-state index is -0.212. The van der Waals surface area contributed by atoms with E-state index in [0.29, 0.717) is 53.8 Å². The van der Waals surface area contributed by atoms with Gasteiger partial charge in [0.2, 0.25) is 12.3 Å². The number of tetrazole rings is 1. The zero-order chi connectivity index (χ0) is 52.6. The van der Waals surface area contributed by atoms with E-state index in [4.69, 9.17) is 19.7 Å². The molecule has 5 heterocycles. The Morgan fingerprint density at radius 1 is 0.750 bits per heavy atom. The molecule has 0 unspecified atom stereocenters. The Morgan fingerprint density at radius 2 is 1.38 bits per heavy atom. The summed E-state index contributed by atoms with van der Waals surface area (Å²) in [5.41, 5.74) is 5.60. The number of amides is 3. The fraction of sp³-hybridized carbons (Fsp3) is 0.621. The number of H-pyrrole nitrogens is 1. The van der Waals surface area contributed by atoms with Gasteiger partial charge in [0.25, 0.3) is 5.91 Å². The first kappa shape index (κ1) is 54.6. The molecule has 0 bridgehead atoms. The molecule has 10 rings (SSSR count). The van der Waals surface area contributed by atoms with Crippen molar-refractivity contribution in [2.75, 3.05) is 58.4 Å². The van der Waals surface area contributed by atoms with Crippen molar-refractivity contribution in [3.8, 4) is 34.0 Å². The second-order valence-corrected chi connectivity index (χ2v) is 21.8. The van der Waals surface area contributed by atoms with Crippen molar-refractivity contribution in [1.82, 2.24) is 60.6 Å². The lowest BCUT2D eigenvalue weighted by Crippen LogP contribution is -2.45. The molecule has 76 heavy (non-hydrogen) atoms. The molecule has 5 fully saturated rings. The number of likely N-dealkylation sites (tertiary alicyclic amines) is 2. The van der Waals surface area contributed by atoms with Gasteiger partial charge in [0, 0.05) is 55.7 Å². The summed E-state index contributed by atoms with van der Waals surface area (Å²) < 4.78 is 15.6. The molecular formula is C58H83N13O5. The van der Waals surface area contributed by atoms with E-state index in [0.717, 1.165) is 133 Å². The van der Waals surface area contributed by atoms with Crippen LogP contribution >= 0.6 is 0 Å². The quantitative estimate of drug-likeness (QED) is 0.0527. The van der Waals surface area contributed by atoms with Gasteiger partial charge in [-0.25, -0.2) is 0 Å². The summed E-state index contributed by atoms with van der Waals surface area (Å²) in [4.78, 5) is 46.1. The van der Waals surface area contributed by atoms with Crippen molar-refractivity contribution < 1.29 is 23.9 Å². The van der Waals surface area contributed by atoms with Gasteiger partial charge in [-0.15, -0.1) is 10.2 Å². The van der Waals surface area contributed by atoms with Crippen LogP contribution in [-0.4, -0.2) is 140 Å². The van der Waals surface area contributed by atoms with E-state index in [-0.39, 0.29) is 29.9 Å². The molecule has 3 aliphatic carbocycles. The molecule has 18 nitrogen and oxygen atoms in total. The van der Waals surface area contributed by atoms with E-state index in [1.54, 1.807) is 19.1 Å². The van der Waals surface area contributed by atoms with E-state index in [9.17, 15) is 14.4 Å². The molecule has 2 aliphatic heterocycles. The number of methoxy groups -OCH3 is 2. The number of ether oxygens (including phenoxy) is 2. The number of aryl methyl sites for hydroxylation is 1. The van der Waals surface area contributed by atoms with Gasteiger partial charge >= 0.3 is 0 Å². The van der Waals surface area contributed by atoms with Gasteiger partial charge in [-0.05, 0) is 140 Å². The number of nitrogens with one attached hydrogen (secondary N) is 3. The molecule has 3 N–H and O–H groups in total. The summed E-state index contributed by atoms with van der Waals surface area (Å²) in [6, 6.07) is 18.8. The lowest BCUT2D eigenvalue weighted by Gasteiger charge is -2.32. The Balaban J connectivity index is 0.000000186. The van der Waals surface area contributed by atoms with Gasteiger partial charge in [0.05, 0.1) is 43.3 Å². The highest BCUT2D eigenvalue weighted by Crippen LogP contribution is 2.42. The van der Waals surface area contributed by atoms with E-state index in [2.05, 4.69) is 83.0 Å². The third-order valence-electron chi connectivity index (χ3n) is 16.7. The first-order chi connectivity index (χ1) is 37.3. The Hall–Kier alpha value is -6.14. The number of piperidine rings is 2. The largest absolute Gasteiger partial charge is 0.496 e. The number of carbonyl (C=O) groups is 3. The van der Waals surface area contributed by atoms with Crippen molar-refractivity contribution in [3.63, 3.8) is 0 Å². The number of anilines is 1. The lowest BCUT2D eigenvalue weighted by atomic mass is 9.93. The summed E-state index contributed by atoms with van der Waals surface area (Å²) in [5.74, 6) is 2.48. The molecule has 5 aliphatic rings. The van der Waals surface area contributed by atoms with Crippen molar-refractivity contribution in [3.05, 3.63) is 71.7 Å². The van der Waals surface area contributed by atoms with Crippen LogP contribution in [0, 0.1) is 0 Å². The zero-order valence-electron chi connectivity index (χ0n) is 45.5. The minimum absolute atomic E-state index is 0.0528. The number of carbonyl (C=O) groups excluding carboxylic acids is 3. The number of nitrogens with zero attached hydrogens (tertiary/aromatic N) is 10. The average Bonchev–Trinajstić information content (AvgIpc) is 4.33. The van der Waals surface area contributed by atoms with Gasteiger partial charge < -0.3 is 29.9 Å². The zero-order valence-corrected chi connectivity index (χ0v) is 45.5. The Labute approximate surface area is 449 Å². The topological polar surface area (TPSA) is 194 Å². The summed E-state index contributed by atoms with van der Waals surface area (Å²) in [6.45, 7) is 8.44. The first-order valence-corrected chi connectivity index (χ1v) is 28.8. The Morgan fingerprint density at radius 3 is 1.96 bits per heavy atom. The molecule has 2 aromatic carbocycles. The molecule has 3 saturated carbocycles. The van der Waals surface area contributed by atoms with Crippen LogP contribution in [-0.2, 0) is 22.4 Å². The fourth-order valence-corrected chi connectivity index (χ4v) is 12.2. The number of hydrogen-bond donors (Lipinski definition) is 3. The van der Waals surface area contributed by atoms with Gasteiger partial charge in [-0.2, -0.15) is 15.4 Å². The molecule has 3 amide bonds. The molecule has 18 heteroatoms. The Bertz CT molecular complexity index is 2580. The highest BCUT2D eigenvalue weighted by Gasteiger charge is 2.32. The molecule has 3 aromatic heterocycles. The van der Waals surface area contributed by atoms with Crippen LogP contribution in [0.1, 0.15) is 169 Å². The smallest absolute Gasteiger partial charge is 0.272 e. The minimum Gasteiger partial charge on any atom is -0.496 e. The van der Waals surface area contributed by atoms with E-state index in [1.165, 1.54) is 68.9 Å². The van der Waals surface area contributed by atoms with Crippen LogP contribution in [0.5, 0.6) is 11.5 Å². The molecule has 0 spiro atoms. The highest BCUT2D eigenvalue weighted by molar-refractivity contribution is 5.94. The fourth-order valence-electron chi connectivity index (χ4n) is 12.2. The normalized spacial score (nSPS) is 18.6. The lowest BCUT2D eigenvalue weighted by molar-refractivity contribution is -0.122. The molecule has 2 saturated heterocycles. The van der Waals surface area contributed by atoms with Crippen molar-refractivity contribution in [2.45, 2.75) is 178 Å². The van der Waals surface area contributed by atoms with E-state index < -0.39 is 0 Å². The van der Waals surface area contributed by atoms with Crippen LogP contribution in [0.2, 0.25) is 0 Å². The summed E-state index contributed by atoms with van der Waals surface area (Å²) >= 11 is 0. The third-order valence-corrected chi connectivity index (χ3v) is 16.7. The summed E-state index contributed by atoms with van der Waals surface area (Å²) in [6.07, 6.45) is 24.1. The highest BCUT2D eigenvalue weighted by atomic mass is 16.5. The Kier molecular flexibility index (Phi) is 19.6. The number of aromatic amines is 1. The SMILES string of the molecule is CCc1ccccc1-c1cc(N(C=O)[C@@H](CCN2CCCCC2)CC(=O)NC2CCC2)nn1C1CCCC1.COc1cccc(OC)c1-c1cc(C(=O)N[C@@H](CCN2CCCCC2)Cc2nn[nH]n2)nn1C1CCCC1. The molecule has 0 radical (unpaired) electrons. The van der Waals surface area contributed by atoms with Crippen molar-refractivity contribution in [1.29, 1.82) is 0 Å². The summed E-state index contributed by atoms with van der Waals surface area (Å²) in [7, 11) is 3.29. The average molecular weight is 1040 g/mol. The monoisotopic (exact) mass is 1040 g/mol. The molecule has 410 valence electrons. The van der Waals surface area contributed by atoms with Crippen LogP contribution in [0.25, 0.3) is 22.5 Å². The van der Waals surface area contributed by atoms with Crippen LogP contribution < -0.4 is 25.0 Å². The van der Waals surface area contributed by atoms with Gasteiger partial charge in [-0.3, -0.25) is 28.6 Å². The number of hydrogen-bond acceptors (Lipinski definition) is 12. The van der Waals surface area contributed by atoms with Gasteiger partial charge in [-0.1, -0.05) is 81.0 Å². The number of aromatic nitrogens is 8. The first-order valence-electron chi connectivity index (χ1n) is 28.8. The van der Waals surface area contributed by atoms with E-state index >= 15 is 0 Å². The van der Waals surface area contributed by atoms with Crippen LogP contribution in [0.3, 0.4) is 0 Å².